The van der Waals surface area contributed by atoms with Crippen LogP contribution in [0.5, 0.6) is 0 Å². The number of esters is 3. The van der Waals surface area contributed by atoms with E-state index < -0.39 is 6.10 Å². The molecule has 6 nitrogen and oxygen atoms in total. The number of rotatable bonds is 50. The molecule has 0 aromatic carbocycles. The van der Waals surface area contributed by atoms with Gasteiger partial charge in [0.25, 0.3) is 0 Å². The molecule has 0 heterocycles. The lowest BCUT2D eigenvalue weighted by molar-refractivity contribution is -0.166. The molecule has 0 aromatic rings. The van der Waals surface area contributed by atoms with Crippen LogP contribution in [0.25, 0.3) is 0 Å². The molecule has 0 fully saturated rings. The molecule has 0 aromatic heterocycles. The highest BCUT2D eigenvalue weighted by molar-refractivity contribution is 5.71. The summed E-state index contributed by atoms with van der Waals surface area (Å²) in [6.07, 6.45) is 74.0. The molecule has 0 radical (unpaired) electrons. The van der Waals surface area contributed by atoms with Gasteiger partial charge in [0.1, 0.15) is 13.2 Å². The van der Waals surface area contributed by atoms with E-state index in [-0.39, 0.29) is 37.5 Å². The highest BCUT2D eigenvalue weighted by Crippen LogP contribution is 2.14. The summed E-state index contributed by atoms with van der Waals surface area (Å²) in [6, 6.07) is 0. The Balaban J connectivity index is 4.47. The molecule has 0 aliphatic rings. The number of ether oxygens (including phenoxy) is 3. The van der Waals surface area contributed by atoms with E-state index in [1.54, 1.807) is 0 Å². The van der Waals surface area contributed by atoms with Crippen molar-refractivity contribution < 1.29 is 28.6 Å². The minimum atomic E-state index is -0.814. The molecular formula is C62H104O6. The van der Waals surface area contributed by atoms with Gasteiger partial charge in [-0.2, -0.15) is 0 Å². The van der Waals surface area contributed by atoms with Crippen molar-refractivity contribution in [3.8, 4) is 0 Å². The Bertz CT molecular complexity index is 1360. The summed E-state index contributed by atoms with van der Waals surface area (Å²) in [5.74, 6) is -1.00. The fourth-order valence-corrected chi connectivity index (χ4v) is 7.63. The maximum atomic E-state index is 12.8. The first-order valence-electron chi connectivity index (χ1n) is 28.3. The number of hydrogen-bond donors (Lipinski definition) is 0. The van der Waals surface area contributed by atoms with Gasteiger partial charge in [-0.25, -0.2) is 0 Å². The van der Waals surface area contributed by atoms with Gasteiger partial charge in [0, 0.05) is 19.3 Å². The van der Waals surface area contributed by atoms with Gasteiger partial charge in [0.05, 0.1) is 0 Å². The third-order valence-corrected chi connectivity index (χ3v) is 11.9. The van der Waals surface area contributed by atoms with Crippen molar-refractivity contribution in [2.75, 3.05) is 13.2 Å². The zero-order chi connectivity index (χ0) is 49.3. The molecule has 1 atom stereocenters. The van der Waals surface area contributed by atoms with Crippen molar-refractivity contribution in [2.45, 2.75) is 264 Å². The van der Waals surface area contributed by atoms with E-state index in [4.69, 9.17) is 14.2 Å². The molecule has 0 saturated carbocycles. The van der Waals surface area contributed by atoms with Crippen LogP contribution in [0, 0.1) is 0 Å². The van der Waals surface area contributed by atoms with Gasteiger partial charge < -0.3 is 14.2 Å². The molecule has 0 rings (SSSR count). The van der Waals surface area contributed by atoms with Crippen LogP contribution in [0.15, 0.2) is 97.2 Å². The van der Waals surface area contributed by atoms with Gasteiger partial charge >= 0.3 is 17.9 Å². The molecule has 0 amide bonds. The number of carbonyl (C=O) groups is 3. The predicted molar refractivity (Wildman–Crippen MR) is 293 cm³/mol. The summed E-state index contributed by atoms with van der Waals surface area (Å²) in [5.41, 5.74) is 0. The van der Waals surface area contributed by atoms with Crippen LogP contribution < -0.4 is 0 Å². The zero-order valence-corrected chi connectivity index (χ0v) is 44.3. The second-order valence-electron chi connectivity index (χ2n) is 18.5. The molecule has 68 heavy (non-hydrogen) atoms. The molecule has 0 aliphatic carbocycles. The number of unbranched alkanes of at least 4 members (excludes halogenated alkanes) is 25. The molecule has 0 bridgehead atoms. The summed E-state index contributed by atoms with van der Waals surface area (Å²) in [6.45, 7) is 6.44. The second-order valence-corrected chi connectivity index (χ2v) is 18.5. The standard InChI is InChI=1S/C62H104O6/c1-4-7-10-13-16-19-22-25-27-29-31-33-34-37-40-43-46-49-52-55-61(64)67-58-59(57-66-60(63)54-51-48-45-42-39-36-24-21-18-15-12-9-6-3)68-62(65)56-53-50-47-44-41-38-35-32-30-28-26-23-20-17-14-11-8-5-2/h7,10,16,19,23,25-28,30,32,35-36,39,45,48,59H,4-6,8-9,11-15,17-18,20-22,24,29,31,33-34,37-38,40-44,46-47,49-58H2,1-3H3/b10-7-,19-16-,26-23-,27-25-,30-28-,35-32-,39-36-,48-45-. The van der Waals surface area contributed by atoms with E-state index in [1.807, 2.05) is 6.08 Å². The van der Waals surface area contributed by atoms with Crippen molar-refractivity contribution >= 4 is 17.9 Å². The fraction of sp³-hybridized carbons (Fsp3) is 0.694. The highest BCUT2D eigenvalue weighted by atomic mass is 16.6. The van der Waals surface area contributed by atoms with Crippen LogP contribution >= 0.6 is 0 Å². The zero-order valence-electron chi connectivity index (χ0n) is 44.3. The van der Waals surface area contributed by atoms with E-state index >= 15 is 0 Å². The molecule has 0 N–H and O–H groups in total. The van der Waals surface area contributed by atoms with Crippen LogP contribution in [0.3, 0.4) is 0 Å². The SMILES string of the molecule is CC/C=C\C/C=C\C/C=C\CCCCCCCCCCCC(=O)OCC(COC(=O)CC/C=C\C/C=C\CCCCCCCC)OC(=O)CCCCCCC\C=C/C=C\C=C/CCCCCCC. The van der Waals surface area contributed by atoms with Crippen molar-refractivity contribution in [1.29, 1.82) is 0 Å². The molecule has 0 spiro atoms. The Morgan fingerprint density at radius 2 is 0.662 bits per heavy atom. The van der Waals surface area contributed by atoms with E-state index in [2.05, 4.69) is 112 Å². The maximum absolute atomic E-state index is 12.8. The monoisotopic (exact) mass is 945 g/mol. The Morgan fingerprint density at radius 3 is 1.10 bits per heavy atom. The Kier molecular flexibility index (Phi) is 52.9. The van der Waals surface area contributed by atoms with Crippen molar-refractivity contribution in [2.24, 2.45) is 0 Å². The van der Waals surface area contributed by atoms with Crippen LogP contribution in [0.2, 0.25) is 0 Å². The fourth-order valence-electron chi connectivity index (χ4n) is 7.63. The molecule has 388 valence electrons. The van der Waals surface area contributed by atoms with Crippen LogP contribution in [-0.4, -0.2) is 37.2 Å². The quantitative estimate of drug-likeness (QED) is 0.0199. The first kappa shape index (κ1) is 64.3. The smallest absolute Gasteiger partial charge is 0.306 e. The van der Waals surface area contributed by atoms with Gasteiger partial charge in [-0.05, 0) is 96.3 Å². The molecule has 0 saturated heterocycles. The summed E-state index contributed by atoms with van der Waals surface area (Å²) in [5, 5.41) is 0. The predicted octanol–water partition coefficient (Wildman–Crippen LogP) is 18.9. The van der Waals surface area contributed by atoms with Gasteiger partial charge in [-0.1, -0.05) is 240 Å². The average Bonchev–Trinajstić information content (AvgIpc) is 3.34. The summed E-state index contributed by atoms with van der Waals surface area (Å²) < 4.78 is 16.8. The minimum absolute atomic E-state index is 0.106. The maximum Gasteiger partial charge on any atom is 0.306 e. The normalized spacial score (nSPS) is 12.8. The van der Waals surface area contributed by atoms with Crippen molar-refractivity contribution in [1.82, 2.24) is 0 Å². The topological polar surface area (TPSA) is 78.9 Å². The van der Waals surface area contributed by atoms with E-state index in [0.29, 0.717) is 19.3 Å². The molecular weight excluding hydrogens is 841 g/mol. The third-order valence-electron chi connectivity index (χ3n) is 11.9. The minimum Gasteiger partial charge on any atom is -0.462 e. The van der Waals surface area contributed by atoms with Gasteiger partial charge in [-0.3, -0.25) is 14.4 Å². The second kappa shape index (κ2) is 55.9. The van der Waals surface area contributed by atoms with E-state index in [1.165, 1.54) is 116 Å². The lowest BCUT2D eigenvalue weighted by atomic mass is 10.1. The van der Waals surface area contributed by atoms with E-state index in [0.717, 1.165) is 96.3 Å². The van der Waals surface area contributed by atoms with E-state index in [9.17, 15) is 14.4 Å². The summed E-state index contributed by atoms with van der Waals surface area (Å²) in [7, 11) is 0. The van der Waals surface area contributed by atoms with Crippen molar-refractivity contribution in [3.63, 3.8) is 0 Å². The lowest BCUT2D eigenvalue weighted by Gasteiger charge is -2.18. The van der Waals surface area contributed by atoms with Crippen LogP contribution in [0.1, 0.15) is 258 Å². The Hall–Kier alpha value is -3.67. The summed E-state index contributed by atoms with van der Waals surface area (Å²) in [4.78, 5) is 38.1. The van der Waals surface area contributed by atoms with Crippen LogP contribution in [-0.2, 0) is 28.6 Å². The molecule has 0 aliphatic heterocycles. The lowest BCUT2D eigenvalue weighted by Crippen LogP contribution is -2.30. The first-order valence-corrected chi connectivity index (χ1v) is 28.3. The van der Waals surface area contributed by atoms with Crippen LogP contribution in [0.4, 0.5) is 0 Å². The third kappa shape index (κ3) is 53.3. The number of hydrogen-bond acceptors (Lipinski definition) is 6. The first-order chi connectivity index (χ1) is 33.5. The van der Waals surface area contributed by atoms with Gasteiger partial charge in [-0.15, -0.1) is 0 Å². The summed E-state index contributed by atoms with van der Waals surface area (Å²) >= 11 is 0. The Labute approximate surface area is 419 Å². The molecule has 6 heteroatoms. The highest BCUT2D eigenvalue weighted by Gasteiger charge is 2.19. The Morgan fingerprint density at radius 1 is 0.324 bits per heavy atom. The van der Waals surface area contributed by atoms with Gasteiger partial charge in [0.15, 0.2) is 6.10 Å². The number of carbonyl (C=O) groups excluding carboxylic acids is 3. The molecule has 1 unspecified atom stereocenters. The van der Waals surface area contributed by atoms with Gasteiger partial charge in [0.2, 0.25) is 0 Å². The van der Waals surface area contributed by atoms with Crippen molar-refractivity contribution in [3.05, 3.63) is 97.2 Å². The average molecular weight is 946 g/mol. The number of allylic oxidation sites excluding steroid dienone is 16. The largest absolute Gasteiger partial charge is 0.462 e.